The summed E-state index contributed by atoms with van der Waals surface area (Å²) in [5.74, 6) is 0.922. The van der Waals surface area contributed by atoms with Crippen LogP contribution in [0.4, 0.5) is 0 Å². The van der Waals surface area contributed by atoms with Gasteiger partial charge in [-0.05, 0) is 62.0 Å². The summed E-state index contributed by atoms with van der Waals surface area (Å²) in [5, 5.41) is 9.42. The number of likely N-dealkylation sites (N-methyl/N-ethyl adjacent to an activating group) is 1. The minimum Gasteiger partial charge on any atom is -0.493 e. The molecule has 0 saturated heterocycles. The molecule has 0 atom stereocenters. The zero-order chi connectivity index (χ0) is 23.5. The Bertz CT molecular complexity index is 966. The van der Waals surface area contributed by atoms with Crippen LogP contribution in [0.15, 0.2) is 42.5 Å². The molecule has 0 bridgehead atoms. The molecule has 0 spiro atoms. The molecule has 0 N–H and O–H groups in total. The van der Waals surface area contributed by atoms with Gasteiger partial charge in [-0.3, -0.25) is 4.79 Å². The van der Waals surface area contributed by atoms with Gasteiger partial charge in [0.2, 0.25) is 5.91 Å². The molecule has 0 saturated carbocycles. The van der Waals surface area contributed by atoms with Crippen molar-refractivity contribution in [3.05, 3.63) is 64.2 Å². The molecule has 0 fully saturated rings. The first-order chi connectivity index (χ1) is 15.4. The van der Waals surface area contributed by atoms with Crippen molar-refractivity contribution >= 4 is 23.6 Å². The molecule has 7 heteroatoms. The molecule has 32 heavy (non-hydrogen) atoms. The van der Waals surface area contributed by atoms with Crippen LogP contribution in [0.25, 0.3) is 6.08 Å². The van der Waals surface area contributed by atoms with Gasteiger partial charge in [0.1, 0.15) is 0 Å². The summed E-state index contributed by atoms with van der Waals surface area (Å²) in [6, 6.07) is 12.9. The van der Waals surface area contributed by atoms with Crippen molar-refractivity contribution in [1.82, 2.24) is 9.80 Å². The van der Waals surface area contributed by atoms with Crippen molar-refractivity contribution in [3.63, 3.8) is 0 Å². The molecule has 0 heterocycles. The van der Waals surface area contributed by atoms with Gasteiger partial charge in [-0.15, -0.1) is 0 Å². The molecule has 6 nitrogen and oxygen atoms in total. The van der Waals surface area contributed by atoms with E-state index in [-0.39, 0.29) is 5.91 Å². The molecule has 2 aromatic carbocycles. The largest absolute Gasteiger partial charge is 0.493 e. The fraction of sp³-hybridized carbons (Fsp3) is 0.360. The van der Waals surface area contributed by atoms with Gasteiger partial charge in [-0.2, -0.15) is 5.26 Å². The number of methoxy groups -OCH3 is 1. The molecular weight excluding hydrogens is 426 g/mol. The summed E-state index contributed by atoms with van der Waals surface area (Å²) < 4.78 is 11.1. The predicted molar refractivity (Wildman–Crippen MR) is 128 cm³/mol. The maximum absolute atomic E-state index is 13.0. The fourth-order valence-corrected chi connectivity index (χ4v) is 3.22. The third-order valence-electron chi connectivity index (χ3n) is 4.71. The van der Waals surface area contributed by atoms with E-state index >= 15 is 0 Å². The average Bonchev–Trinajstić information content (AvgIpc) is 2.79. The normalized spacial score (nSPS) is 10.9. The van der Waals surface area contributed by atoms with Crippen molar-refractivity contribution < 1.29 is 14.3 Å². The third-order valence-corrected chi connectivity index (χ3v) is 4.99. The number of nitrogens with zero attached hydrogens (tertiary/aromatic N) is 3. The van der Waals surface area contributed by atoms with E-state index in [9.17, 15) is 4.79 Å². The van der Waals surface area contributed by atoms with E-state index in [2.05, 4.69) is 6.07 Å². The lowest BCUT2D eigenvalue weighted by molar-refractivity contribution is -0.126. The number of hydrogen-bond acceptors (Lipinski definition) is 5. The van der Waals surface area contributed by atoms with Gasteiger partial charge in [-0.1, -0.05) is 30.7 Å². The maximum atomic E-state index is 13.0. The second kappa shape index (κ2) is 12.7. The van der Waals surface area contributed by atoms with E-state index in [4.69, 9.17) is 26.3 Å². The summed E-state index contributed by atoms with van der Waals surface area (Å²) in [7, 11) is 5.50. The first kappa shape index (κ1) is 25.3. The van der Waals surface area contributed by atoms with Crippen LogP contribution < -0.4 is 9.47 Å². The van der Waals surface area contributed by atoms with Gasteiger partial charge in [0.25, 0.3) is 0 Å². The van der Waals surface area contributed by atoms with Crippen LogP contribution in [-0.4, -0.2) is 56.6 Å². The molecule has 2 aromatic rings. The minimum atomic E-state index is -0.113. The van der Waals surface area contributed by atoms with Crippen LogP contribution >= 0.6 is 11.6 Å². The quantitative estimate of drug-likeness (QED) is 0.463. The van der Waals surface area contributed by atoms with Gasteiger partial charge in [0, 0.05) is 25.7 Å². The second-order valence-corrected chi connectivity index (χ2v) is 7.99. The van der Waals surface area contributed by atoms with Crippen LogP contribution in [0.1, 0.15) is 30.0 Å². The summed E-state index contributed by atoms with van der Waals surface area (Å²) in [6.45, 7) is 4.32. The van der Waals surface area contributed by atoms with E-state index in [0.717, 1.165) is 24.1 Å². The van der Waals surface area contributed by atoms with Crippen molar-refractivity contribution in [3.8, 4) is 17.6 Å². The Morgan fingerprint density at radius 2 is 1.91 bits per heavy atom. The van der Waals surface area contributed by atoms with Gasteiger partial charge in [-0.25, -0.2) is 0 Å². The zero-order valence-corrected chi connectivity index (χ0v) is 19.9. The number of nitriles is 1. The highest BCUT2D eigenvalue weighted by Gasteiger charge is 2.14. The number of ether oxygens (including phenoxy) is 2. The monoisotopic (exact) mass is 455 g/mol. The number of halogens is 1. The summed E-state index contributed by atoms with van der Waals surface area (Å²) in [6.07, 6.45) is 4.12. The first-order valence-corrected chi connectivity index (χ1v) is 10.9. The zero-order valence-electron chi connectivity index (χ0n) is 19.1. The van der Waals surface area contributed by atoms with Gasteiger partial charge >= 0.3 is 0 Å². The van der Waals surface area contributed by atoms with Crippen molar-refractivity contribution in [1.29, 1.82) is 5.26 Å². The van der Waals surface area contributed by atoms with E-state index in [1.54, 1.807) is 42.4 Å². The predicted octanol–water partition coefficient (Wildman–Crippen LogP) is 4.61. The van der Waals surface area contributed by atoms with Crippen molar-refractivity contribution in [2.45, 2.75) is 19.9 Å². The number of carbonyl (C=O) groups excluding carboxylic acids is 1. The molecule has 0 aliphatic heterocycles. The Kier molecular flexibility index (Phi) is 10.1. The summed E-state index contributed by atoms with van der Waals surface area (Å²) in [5.41, 5.74) is 2.30. The molecule has 0 aliphatic carbocycles. The maximum Gasteiger partial charge on any atom is 0.246 e. The average molecular weight is 456 g/mol. The SMILES string of the molecule is CCCOc1c(Cl)cc(C=CC(=O)N(CCN(C)C)Cc2ccc(C#N)cc2)cc1OC. The Labute approximate surface area is 195 Å². The lowest BCUT2D eigenvalue weighted by Crippen LogP contribution is -2.35. The Morgan fingerprint density at radius 1 is 1.19 bits per heavy atom. The Hall–Kier alpha value is -3.01. The van der Waals surface area contributed by atoms with E-state index < -0.39 is 0 Å². The Morgan fingerprint density at radius 3 is 2.50 bits per heavy atom. The van der Waals surface area contributed by atoms with Crippen molar-refractivity contribution in [2.75, 3.05) is 40.9 Å². The molecule has 0 radical (unpaired) electrons. The number of rotatable bonds is 11. The van der Waals surface area contributed by atoms with Gasteiger partial charge in [0.05, 0.1) is 30.4 Å². The molecule has 2 rings (SSSR count). The Balaban J connectivity index is 2.19. The smallest absolute Gasteiger partial charge is 0.246 e. The van der Waals surface area contributed by atoms with Crippen LogP contribution in [0.5, 0.6) is 11.5 Å². The summed E-state index contributed by atoms with van der Waals surface area (Å²) >= 11 is 6.38. The lowest BCUT2D eigenvalue weighted by Gasteiger charge is -2.23. The topological polar surface area (TPSA) is 65.8 Å². The standard InChI is InChI=1S/C25H30ClN3O3/c1-5-14-32-25-22(26)15-21(16-23(25)31-4)10-11-24(30)29(13-12-28(2)3)18-20-8-6-19(17-27)7-9-20/h6-11,15-16H,5,12-14,18H2,1-4H3. The highest BCUT2D eigenvalue weighted by atomic mass is 35.5. The van der Waals surface area contributed by atoms with Gasteiger partial charge in [0.15, 0.2) is 11.5 Å². The summed E-state index contributed by atoms with van der Waals surface area (Å²) in [4.78, 5) is 16.8. The molecular formula is C25H30ClN3O3. The highest BCUT2D eigenvalue weighted by Crippen LogP contribution is 2.36. The number of hydrogen-bond donors (Lipinski definition) is 0. The molecule has 170 valence electrons. The van der Waals surface area contributed by atoms with Crippen LogP contribution in [0.3, 0.4) is 0 Å². The fourth-order valence-electron chi connectivity index (χ4n) is 2.95. The van der Waals surface area contributed by atoms with Gasteiger partial charge < -0.3 is 19.3 Å². The number of carbonyl (C=O) groups is 1. The van der Waals surface area contributed by atoms with E-state index in [0.29, 0.717) is 41.8 Å². The highest BCUT2D eigenvalue weighted by molar-refractivity contribution is 6.32. The van der Waals surface area contributed by atoms with E-state index in [1.165, 1.54) is 6.08 Å². The third kappa shape index (κ3) is 7.60. The van der Waals surface area contributed by atoms with Crippen LogP contribution in [0.2, 0.25) is 5.02 Å². The second-order valence-electron chi connectivity index (χ2n) is 7.59. The molecule has 0 unspecified atom stereocenters. The minimum absolute atomic E-state index is 0.113. The van der Waals surface area contributed by atoms with Crippen LogP contribution in [-0.2, 0) is 11.3 Å². The number of benzene rings is 2. The first-order valence-electron chi connectivity index (χ1n) is 10.5. The van der Waals surface area contributed by atoms with E-state index in [1.807, 2.05) is 38.1 Å². The van der Waals surface area contributed by atoms with Crippen molar-refractivity contribution in [2.24, 2.45) is 0 Å². The van der Waals surface area contributed by atoms with Crippen LogP contribution in [0, 0.1) is 11.3 Å². The molecule has 0 aromatic heterocycles. The molecule has 0 aliphatic rings. The number of amides is 1. The molecule has 1 amide bonds. The lowest BCUT2D eigenvalue weighted by atomic mass is 10.1.